The van der Waals surface area contributed by atoms with E-state index in [-0.39, 0.29) is 16.2 Å². The minimum absolute atomic E-state index is 0.00311. The molecule has 3 heteroatoms. The van der Waals surface area contributed by atoms with Crippen molar-refractivity contribution >= 4 is 76.3 Å². The normalized spacial score (nSPS) is 13.9. The lowest BCUT2D eigenvalue weighted by Crippen LogP contribution is -2.21. The van der Waals surface area contributed by atoms with Crippen LogP contribution in [0.5, 0.6) is 0 Å². The van der Waals surface area contributed by atoms with Crippen LogP contribution >= 0.6 is 0 Å². The van der Waals surface area contributed by atoms with E-state index in [1.807, 2.05) is 0 Å². The van der Waals surface area contributed by atoms with Crippen LogP contribution in [0.4, 0.5) is 0 Å². The molecule has 1 aliphatic rings. The molecule has 3 heterocycles. The second-order valence-corrected chi connectivity index (χ2v) is 20.2. The third-order valence-electron chi connectivity index (χ3n) is 13.9. The van der Waals surface area contributed by atoms with Crippen molar-refractivity contribution in [1.29, 1.82) is 0 Å². The van der Waals surface area contributed by atoms with Crippen LogP contribution in [0.2, 0.25) is 0 Å². The maximum Gasteiger partial charge on any atom is 0.159 e. The average Bonchev–Trinajstić information content (AvgIpc) is 3.89. The molecule has 0 amide bonds. The van der Waals surface area contributed by atoms with E-state index in [9.17, 15) is 0 Å². The molecular weight excluding hydrogens is 753 g/mol. The van der Waals surface area contributed by atoms with Gasteiger partial charge < -0.3 is 13.6 Å². The number of aromatic nitrogens is 2. The van der Waals surface area contributed by atoms with Gasteiger partial charge in [0.25, 0.3) is 0 Å². The van der Waals surface area contributed by atoms with Gasteiger partial charge in [0.15, 0.2) is 5.58 Å². The van der Waals surface area contributed by atoms with E-state index in [4.69, 9.17) is 4.42 Å². The summed E-state index contributed by atoms with van der Waals surface area (Å²) in [6.07, 6.45) is 0. The van der Waals surface area contributed by atoms with Crippen LogP contribution in [-0.2, 0) is 16.2 Å². The fourth-order valence-corrected chi connectivity index (χ4v) is 10.8. The maximum absolute atomic E-state index is 6.88. The first-order valence-corrected chi connectivity index (χ1v) is 22.1. The Kier molecular flexibility index (Phi) is 7.52. The zero-order valence-electron chi connectivity index (χ0n) is 36.8. The molecule has 0 aliphatic heterocycles. The molecule has 12 rings (SSSR count). The van der Waals surface area contributed by atoms with E-state index in [2.05, 4.69) is 222 Å². The van der Waals surface area contributed by atoms with Gasteiger partial charge in [0.2, 0.25) is 0 Å². The highest BCUT2D eigenvalue weighted by atomic mass is 16.3. The lowest BCUT2D eigenvalue weighted by atomic mass is 9.74. The molecule has 3 nitrogen and oxygen atoms in total. The summed E-state index contributed by atoms with van der Waals surface area (Å²) in [6.45, 7) is 19.1. The van der Waals surface area contributed by atoms with Gasteiger partial charge in [-0.05, 0) is 121 Å². The van der Waals surface area contributed by atoms with Gasteiger partial charge in [-0.2, -0.15) is 0 Å². The number of rotatable bonds is 2. The standard InChI is InChI=1S/C59H50N2O/c1-57(2,3)37-32-46(58(4,5)6)55-48(33-37)59(7,8)47-31-36-30-45(54(47)55)42-20-11-15-25-51(42)61(52-26-17-22-44-43-21-12-16-27-53(43)62-56(44)52)39-29-35(36)28-38(34-39)60-49-23-13-9-18-40(49)41-19-10-14-24-50(41)60/h9-34H,1-8H3. The first kappa shape index (κ1) is 37.0. The van der Waals surface area contributed by atoms with Crippen LogP contribution in [0.25, 0.3) is 98.8 Å². The molecule has 0 atom stereocenters. The van der Waals surface area contributed by atoms with E-state index in [1.165, 1.54) is 76.7 Å². The zero-order chi connectivity index (χ0) is 42.4. The lowest BCUT2D eigenvalue weighted by Gasteiger charge is -2.30. The lowest BCUT2D eigenvalue weighted by molar-refractivity contribution is 0.564. The molecule has 0 spiro atoms. The van der Waals surface area contributed by atoms with E-state index < -0.39 is 0 Å². The molecule has 0 radical (unpaired) electrons. The SMILES string of the molecule is CC(C)(C)c1cc(C(C)(C)C)c2c(c1)C(C)(C)c1cc3cc(c1-2)c1ccccc1n(-c1cccc2c1oc1ccccc12)c1cc(-n2c4ccccc4c4ccccc42)cc3c1. The quantitative estimate of drug-likeness (QED) is 0.171. The second kappa shape index (κ2) is 12.6. The summed E-state index contributed by atoms with van der Waals surface area (Å²) in [5, 5.41) is 9.57. The van der Waals surface area contributed by atoms with Gasteiger partial charge in [0.05, 0.1) is 22.2 Å². The smallest absolute Gasteiger partial charge is 0.159 e. The van der Waals surface area contributed by atoms with E-state index >= 15 is 0 Å². The van der Waals surface area contributed by atoms with Crippen molar-refractivity contribution in [2.24, 2.45) is 0 Å². The van der Waals surface area contributed by atoms with Gasteiger partial charge >= 0.3 is 0 Å². The molecule has 11 aromatic rings. The van der Waals surface area contributed by atoms with Crippen LogP contribution in [0.15, 0.2) is 162 Å². The third kappa shape index (κ3) is 5.18. The van der Waals surface area contributed by atoms with E-state index in [0.717, 1.165) is 44.3 Å². The van der Waals surface area contributed by atoms with E-state index in [1.54, 1.807) is 0 Å². The molecule has 0 N–H and O–H groups in total. The monoisotopic (exact) mass is 802 g/mol. The van der Waals surface area contributed by atoms with Crippen LogP contribution in [0, 0.1) is 0 Å². The fourth-order valence-electron chi connectivity index (χ4n) is 10.8. The number of hydrogen-bond donors (Lipinski definition) is 0. The van der Waals surface area contributed by atoms with Gasteiger partial charge in [-0.15, -0.1) is 0 Å². The second-order valence-electron chi connectivity index (χ2n) is 20.2. The summed E-state index contributed by atoms with van der Waals surface area (Å²) >= 11 is 0. The first-order chi connectivity index (χ1) is 29.8. The number of fused-ring (bicyclic) bond motifs is 17. The zero-order valence-corrected chi connectivity index (χ0v) is 36.8. The summed E-state index contributed by atoms with van der Waals surface area (Å²) < 4.78 is 11.8. The third-order valence-corrected chi connectivity index (χ3v) is 13.9. The van der Waals surface area contributed by atoms with Crippen LogP contribution in [0.3, 0.4) is 0 Å². The predicted molar refractivity (Wildman–Crippen MR) is 264 cm³/mol. The Morgan fingerprint density at radius 3 is 1.68 bits per heavy atom. The predicted octanol–water partition coefficient (Wildman–Crippen LogP) is 16.4. The number of para-hydroxylation sites is 5. The van der Waals surface area contributed by atoms with Gasteiger partial charge in [-0.25, -0.2) is 0 Å². The van der Waals surface area contributed by atoms with Crippen LogP contribution in [0.1, 0.15) is 77.6 Å². The Morgan fingerprint density at radius 2 is 1.02 bits per heavy atom. The largest absolute Gasteiger partial charge is 0.454 e. The summed E-state index contributed by atoms with van der Waals surface area (Å²) in [6, 6.07) is 59.0. The molecule has 302 valence electrons. The van der Waals surface area contributed by atoms with Gasteiger partial charge in [-0.1, -0.05) is 152 Å². The molecule has 0 saturated carbocycles. The molecule has 4 bridgehead atoms. The van der Waals surface area contributed by atoms with Crippen molar-refractivity contribution in [3.63, 3.8) is 0 Å². The topological polar surface area (TPSA) is 23.0 Å². The molecule has 3 aromatic heterocycles. The van der Waals surface area contributed by atoms with E-state index in [0.29, 0.717) is 0 Å². The fraction of sp³-hybridized carbons (Fsp3) is 0.186. The minimum atomic E-state index is -0.244. The summed E-state index contributed by atoms with van der Waals surface area (Å²) in [4.78, 5) is 0. The Labute approximate surface area is 362 Å². The number of furan rings is 1. The molecule has 62 heavy (non-hydrogen) atoms. The molecule has 8 aromatic carbocycles. The van der Waals surface area contributed by atoms with Gasteiger partial charge in [0, 0.05) is 43.6 Å². The summed E-state index contributed by atoms with van der Waals surface area (Å²) in [5.41, 5.74) is 16.5. The molecule has 0 saturated heterocycles. The van der Waals surface area contributed by atoms with Crippen molar-refractivity contribution in [3.05, 3.63) is 180 Å². The van der Waals surface area contributed by atoms with Crippen molar-refractivity contribution in [2.75, 3.05) is 0 Å². The minimum Gasteiger partial charge on any atom is -0.454 e. The molecule has 0 fully saturated rings. The molecule has 0 unspecified atom stereocenters. The first-order valence-electron chi connectivity index (χ1n) is 22.1. The van der Waals surface area contributed by atoms with Crippen molar-refractivity contribution < 1.29 is 4.42 Å². The van der Waals surface area contributed by atoms with Crippen molar-refractivity contribution in [2.45, 2.75) is 71.6 Å². The Hall–Kier alpha value is -6.84. The Balaban J connectivity index is 1.32. The highest BCUT2D eigenvalue weighted by Crippen LogP contribution is 2.56. The highest BCUT2D eigenvalue weighted by molar-refractivity contribution is 6.14. The number of benzene rings is 8. The summed E-state index contributed by atoms with van der Waals surface area (Å²) in [7, 11) is 0. The molecular formula is C59H50N2O. The Morgan fingerprint density at radius 1 is 0.452 bits per heavy atom. The van der Waals surface area contributed by atoms with Crippen molar-refractivity contribution in [1.82, 2.24) is 9.13 Å². The highest BCUT2D eigenvalue weighted by Gasteiger charge is 2.41. The van der Waals surface area contributed by atoms with Crippen LogP contribution in [-0.4, -0.2) is 9.13 Å². The van der Waals surface area contributed by atoms with Gasteiger partial charge in [-0.3, -0.25) is 0 Å². The van der Waals surface area contributed by atoms with Crippen LogP contribution < -0.4 is 0 Å². The summed E-state index contributed by atoms with van der Waals surface area (Å²) in [5.74, 6) is 0. The van der Waals surface area contributed by atoms with Crippen molar-refractivity contribution in [3.8, 4) is 22.5 Å². The Bertz CT molecular complexity index is 3680. The maximum atomic E-state index is 6.88. The number of nitrogens with zero attached hydrogens (tertiary/aromatic N) is 2. The average molecular weight is 803 g/mol. The van der Waals surface area contributed by atoms with Gasteiger partial charge in [0.1, 0.15) is 5.58 Å². The molecule has 1 aliphatic carbocycles. The number of hydrogen-bond acceptors (Lipinski definition) is 1.